The predicted octanol–water partition coefficient (Wildman–Crippen LogP) is 1.11. The van der Waals surface area contributed by atoms with Crippen LogP contribution in [0.25, 0.3) is 0 Å². The average Bonchev–Trinajstić information content (AvgIpc) is 2.46. The third-order valence-corrected chi connectivity index (χ3v) is 3.42. The van der Waals surface area contributed by atoms with Crippen LogP contribution < -0.4 is 10.1 Å². The first-order valence-electron chi connectivity index (χ1n) is 6.88. The van der Waals surface area contributed by atoms with Gasteiger partial charge in [-0.2, -0.15) is 0 Å². The number of amides is 2. The molecule has 2 rings (SSSR count). The van der Waals surface area contributed by atoms with Gasteiger partial charge in [0.25, 0.3) is 5.91 Å². The fourth-order valence-corrected chi connectivity index (χ4v) is 2.28. The minimum absolute atomic E-state index is 0.0349. The summed E-state index contributed by atoms with van der Waals surface area (Å²) in [7, 11) is 0. The number of ether oxygens (including phenoxy) is 1. The molecule has 0 aromatic heterocycles. The van der Waals surface area contributed by atoms with Gasteiger partial charge in [-0.15, -0.1) is 0 Å². The predicted molar refractivity (Wildman–Crippen MR) is 75.5 cm³/mol. The van der Waals surface area contributed by atoms with Crippen LogP contribution in [0.4, 0.5) is 0 Å². The zero-order valence-corrected chi connectivity index (χ0v) is 11.9. The van der Waals surface area contributed by atoms with Gasteiger partial charge in [-0.25, -0.2) is 0 Å². The molecule has 1 aliphatic heterocycles. The Hall–Kier alpha value is -2.04. The number of piperazine rings is 1. The van der Waals surface area contributed by atoms with Crippen molar-refractivity contribution >= 4 is 11.8 Å². The highest BCUT2D eigenvalue weighted by atomic mass is 16.5. The van der Waals surface area contributed by atoms with Gasteiger partial charge in [-0.1, -0.05) is 24.6 Å². The molecule has 1 aliphatic rings. The highest BCUT2D eigenvalue weighted by molar-refractivity contribution is 5.89. The fraction of sp³-hybridized carbons (Fsp3) is 0.467. The summed E-state index contributed by atoms with van der Waals surface area (Å²) < 4.78 is 5.48. The van der Waals surface area contributed by atoms with Gasteiger partial charge in [-0.05, 0) is 25.5 Å². The van der Waals surface area contributed by atoms with Crippen LogP contribution in [0.2, 0.25) is 0 Å². The number of hydrogen-bond donors (Lipinski definition) is 1. The number of nitrogens with one attached hydrogen (secondary N) is 1. The van der Waals surface area contributed by atoms with E-state index in [-0.39, 0.29) is 24.5 Å². The molecular formula is C15H20N2O3. The zero-order valence-electron chi connectivity index (χ0n) is 11.9. The van der Waals surface area contributed by atoms with Crippen LogP contribution in [0.5, 0.6) is 5.75 Å². The highest BCUT2D eigenvalue weighted by Crippen LogP contribution is 2.13. The summed E-state index contributed by atoms with van der Waals surface area (Å²) in [6.07, 6.45) is 0.613. The summed E-state index contributed by atoms with van der Waals surface area (Å²) in [6.45, 7) is 4.91. The lowest BCUT2D eigenvalue weighted by molar-refractivity contribution is -0.144. The largest absolute Gasteiger partial charge is 0.484 e. The summed E-state index contributed by atoms with van der Waals surface area (Å²) in [5.74, 6) is 0.438. The van der Waals surface area contributed by atoms with E-state index >= 15 is 0 Å². The van der Waals surface area contributed by atoms with E-state index in [0.29, 0.717) is 25.3 Å². The molecule has 1 heterocycles. The van der Waals surface area contributed by atoms with Gasteiger partial charge in [-0.3, -0.25) is 9.59 Å². The molecule has 1 fully saturated rings. The maximum atomic E-state index is 12.2. The Morgan fingerprint density at radius 1 is 1.40 bits per heavy atom. The van der Waals surface area contributed by atoms with Crippen LogP contribution in [-0.4, -0.2) is 42.5 Å². The van der Waals surface area contributed by atoms with Crippen LogP contribution in [0, 0.1) is 6.92 Å². The van der Waals surface area contributed by atoms with Gasteiger partial charge >= 0.3 is 0 Å². The lowest BCUT2D eigenvalue weighted by atomic mass is 10.1. The smallest absolute Gasteiger partial charge is 0.261 e. The molecule has 5 heteroatoms. The summed E-state index contributed by atoms with van der Waals surface area (Å²) in [5, 5.41) is 2.77. The number of carbonyl (C=O) groups is 2. The van der Waals surface area contributed by atoms with Gasteiger partial charge in [0.1, 0.15) is 11.8 Å². The Morgan fingerprint density at radius 2 is 2.10 bits per heavy atom. The molecular weight excluding hydrogens is 256 g/mol. The van der Waals surface area contributed by atoms with E-state index in [9.17, 15) is 9.59 Å². The molecule has 0 spiro atoms. The van der Waals surface area contributed by atoms with Crippen molar-refractivity contribution in [2.45, 2.75) is 26.3 Å². The highest BCUT2D eigenvalue weighted by Gasteiger charge is 2.31. The molecule has 1 aromatic carbocycles. The number of aryl methyl sites for hydroxylation is 1. The topological polar surface area (TPSA) is 58.6 Å². The van der Waals surface area contributed by atoms with Gasteiger partial charge < -0.3 is 15.0 Å². The number of carbonyl (C=O) groups excluding carboxylic acids is 2. The lowest BCUT2D eigenvalue weighted by Gasteiger charge is -2.34. The molecule has 0 bridgehead atoms. The first kappa shape index (κ1) is 14.4. The van der Waals surface area contributed by atoms with E-state index in [1.54, 1.807) is 4.90 Å². The van der Waals surface area contributed by atoms with Crippen molar-refractivity contribution in [2.75, 3.05) is 19.7 Å². The first-order valence-corrected chi connectivity index (χ1v) is 6.88. The number of nitrogens with zero attached hydrogens (tertiary/aromatic N) is 1. The van der Waals surface area contributed by atoms with E-state index in [1.807, 2.05) is 38.1 Å². The lowest BCUT2D eigenvalue weighted by Crippen LogP contribution is -2.57. The minimum atomic E-state index is -0.377. The molecule has 0 aliphatic carbocycles. The molecule has 0 radical (unpaired) electrons. The summed E-state index contributed by atoms with van der Waals surface area (Å²) in [4.78, 5) is 25.5. The quantitative estimate of drug-likeness (QED) is 0.896. The zero-order chi connectivity index (χ0) is 14.5. The SMILES string of the molecule is CCC1C(=O)NCCN1C(=O)COc1ccc(C)cc1. The molecule has 5 nitrogen and oxygen atoms in total. The molecule has 108 valence electrons. The fourth-order valence-electron chi connectivity index (χ4n) is 2.28. The summed E-state index contributed by atoms with van der Waals surface area (Å²) >= 11 is 0. The van der Waals surface area contributed by atoms with Crippen molar-refractivity contribution in [3.63, 3.8) is 0 Å². The monoisotopic (exact) mass is 276 g/mol. The van der Waals surface area contributed by atoms with Gasteiger partial charge in [0.05, 0.1) is 0 Å². The van der Waals surface area contributed by atoms with Gasteiger partial charge in [0, 0.05) is 13.1 Å². The third-order valence-electron chi connectivity index (χ3n) is 3.42. The van der Waals surface area contributed by atoms with Crippen LogP contribution in [0.3, 0.4) is 0 Å². The van der Waals surface area contributed by atoms with Crippen LogP contribution in [0.1, 0.15) is 18.9 Å². The molecule has 20 heavy (non-hydrogen) atoms. The molecule has 1 N–H and O–H groups in total. The Morgan fingerprint density at radius 3 is 2.75 bits per heavy atom. The van der Waals surface area contributed by atoms with E-state index < -0.39 is 0 Å². The van der Waals surface area contributed by atoms with Crippen molar-refractivity contribution in [3.8, 4) is 5.75 Å². The Kier molecular flexibility index (Phi) is 4.61. The van der Waals surface area contributed by atoms with Crippen LogP contribution >= 0.6 is 0 Å². The van der Waals surface area contributed by atoms with Crippen molar-refractivity contribution in [2.24, 2.45) is 0 Å². The van der Waals surface area contributed by atoms with Crippen molar-refractivity contribution in [1.29, 1.82) is 0 Å². The molecule has 0 saturated carbocycles. The molecule has 2 amide bonds. The van der Waals surface area contributed by atoms with Gasteiger partial charge in [0.2, 0.25) is 5.91 Å². The van der Waals surface area contributed by atoms with Crippen molar-refractivity contribution in [1.82, 2.24) is 10.2 Å². The van der Waals surface area contributed by atoms with Crippen LogP contribution in [-0.2, 0) is 9.59 Å². The number of benzene rings is 1. The maximum absolute atomic E-state index is 12.2. The first-order chi connectivity index (χ1) is 9.61. The molecule has 1 saturated heterocycles. The second kappa shape index (κ2) is 6.41. The third kappa shape index (κ3) is 3.29. The second-order valence-electron chi connectivity index (χ2n) is 4.90. The van der Waals surface area contributed by atoms with Crippen molar-refractivity contribution < 1.29 is 14.3 Å². The van der Waals surface area contributed by atoms with E-state index in [2.05, 4.69) is 5.32 Å². The number of rotatable bonds is 4. The van der Waals surface area contributed by atoms with E-state index in [1.165, 1.54) is 0 Å². The summed E-state index contributed by atoms with van der Waals surface area (Å²) in [6, 6.07) is 7.16. The van der Waals surface area contributed by atoms with Crippen LogP contribution in [0.15, 0.2) is 24.3 Å². The molecule has 1 atom stereocenters. The molecule has 1 aromatic rings. The Balaban J connectivity index is 1.93. The Bertz CT molecular complexity index is 484. The minimum Gasteiger partial charge on any atom is -0.484 e. The normalized spacial score (nSPS) is 18.6. The van der Waals surface area contributed by atoms with Crippen molar-refractivity contribution in [3.05, 3.63) is 29.8 Å². The average molecular weight is 276 g/mol. The Labute approximate surface area is 118 Å². The summed E-state index contributed by atoms with van der Waals surface area (Å²) in [5.41, 5.74) is 1.14. The standard InChI is InChI=1S/C15H20N2O3/c1-3-13-15(19)16-8-9-17(13)14(18)10-20-12-6-4-11(2)5-7-12/h4-7,13H,3,8-10H2,1-2H3,(H,16,19). The maximum Gasteiger partial charge on any atom is 0.261 e. The van der Waals surface area contributed by atoms with E-state index in [4.69, 9.17) is 4.74 Å². The second-order valence-corrected chi connectivity index (χ2v) is 4.90. The van der Waals surface area contributed by atoms with E-state index in [0.717, 1.165) is 5.56 Å². The van der Waals surface area contributed by atoms with Gasteiger partial charge in [0.15, 0.2) is 6.61 Å². The molecule has 1 unspecified atom stereocenters. The number of hydrogen-bond acceptors (Lipinski definition) is 3.